The molecule has 168 valence electrons. The topological polar surface area (TPSA) is 62.2 Å². The number of carbonyl (C=O) groups excluding carboxylic acids is 1. The summed E-state index contributed by atoms with van der Waals surface area (Å²) >= 11 is 6.43. The number of ether oxygens (including phenoxy) is 2. The van der Waals surface area contributed by atoms with Crippen molar-refractivity contribution in [2.75, 3.05) is 24.8 Å². The van der Waals surface area contributed by atoms with E-state index >= 15 is 0 Å². The lowest BCUT2D eigenvalue weighted by molar-refractivity contribution is -0.0488. The van der Waals surface area contributed by atoms with Gasteiger partial charge in [0.05, 0.1) is 6.61 Å². The molecule has 1 N–H and O–H groups in total. The van der Waals surface area contributed by atoms with Gasteiger partial charge in [0.2, 0.25) is 6.79 Å². The van der Waals surface area contributed by atoms with Crippen LogP contribution < -0.4 is 14.4 Å². The first-order valence-corrected chi connectivity index (χ1v) is 11.4. The van der Waals surface area contributed by atoms with E-state index in [9.17, 15) is 9.90 Å². The average Bonchev–Trinajstić information content (AvgIpc) is 3.31. The third-order valence-corrected chi connectivity index (χ3v) is 7.37. The van der Waals surface area contributed by atoms with Crippen LogP contribution in [0.2, 0.25) is 5.02 Å². The molecule has 0 spiro atoms. The van der Waals surface area contributed by atoms with E-state index < -0.39 is 0 Å². The van der Waals surface area contributed by atoms with Gasteiger partial charge in [-0.3, -0.25) is 9.69 Å². The Bertz CT molecular complexity index is 1230. The Morgan fingerprint density at radius 1 is 1.03 bits per heavy atom. The summed E-state index contributed by atoms with van der Waals surface area (Å²) in [6.45, 7) is 1.38. The fourth-order valence-electron chi connectivity index (χ4n) is 5.40. The summed E-state index contributed by atoms with van der Waals surface area (Å²) < 4.78 is 10.9. The van der Waals surface area contributed by atoms with Gasteiger partial charge in [-0.2, -0.15) is 0 Å². The number of carbonyl (C=O) groups is 1. The zero-order valence-corrected chi connectivity index (χ0v) is 18.6. The van der Waals surface area contributed by atoms with E-state index in [1.165, 1.54) is 0 Å². The van der Waals surface area contributed by atoms with Crippen LogP contribution in [0.3, 0.4) is 0 Å². The molecule has 0 saturated carbocycles. The molecule has 0 bridgehead atoms. The number of hydrogen-bond donors (Lipinski definition) is 1. The third-order valence-electron chi connectivity index (χ3n) is 7.00. The number of aliphatic hydroxyl groups is 1. The zero-order valence-electron chi connectivity index (χ0n) is 17.9. The van der Waals surface area contributed by atoms with Crippen molar-refractivity contribution >= 4 is 23.2 Å². The molecule has 1 fully saturated rings. The summed E-state index contributed by atoms with van der Waals surface area (Å²) in [4.78, 5) is 17.8. The number of halogens is 1. The molecular formula is C26H23ClN2O4. The highest BCUT2D eigenvalue weighted by Crippen LogP contribution is 2.49. The van der Waals surface area contributed by atoms with Crippen LogP contribution in [0, 0.1) is 0 Å². The van der Waals surface area contributed by atoms with E-state index in [4.69, 9.17) is 21.1 Å². The molecule has 3 heterocycles. The molecule has 0 aliphatic carbocycles. The number of fused-ring (bicyclic) bond motifs is 4. The minimum Gasteiger partial charge on any atom is -0.454 e. The van der Waals surface area contributed by atoms with E-state index in [2.05, 4.69) is 11.0 Å². The van der Waals surface area contributed by atoms with Gasteiger partial charge in [-0.05, 0) is 41.5 Å². The number of hydrogen-bond acceptors (Lipinski definition) is 5. The fourth-order valence-corrected chi connectivity index (χ4v) is 5.60. The van der Waals surface area contributed by atoms with Gasteiger partial charge in [0.1, 0.15) is 0 Å². The summed E-state index contributed by atoms with van der Waals surface area (Å²) in [5, 5.41) is 10.9. The lowest BCUT2D eigenvalue weighted by Gasteiger charge is -2.59. The molecule has 0 radical (unpaired) electrons. The maximum Gasteiger partial charge on any atom is 0.258 e. The smallest absolute Gasteiger partial charge is 0.258 e. The molecule has 3 aliphatic heterocycles. The molecule has 33 heavy (non-hydrogen) atoms. The standard InChI is InChI=1S/C26H23ClN2O4/c27-19-7-3-1-5-17(19)12-28-21-13-29(20-8-4-2-6-18(20)25(21)22(28)14-30)26(31)16-9-10-23-24(11-16)33-15-32-23/h1-11,21-22,25,30H,12-15H2/t21-,22+,25+/m0/s1. The van der Waals surface area contributed by atoms with Gasteiger partial charge in [0.25, 0.3) is 5.91 Å². The number of amides is 1. The summed E-state index contributed by atoms with van der Waals surface area (Å²) in [5.41, 5.74) is 3.57. The number of anilines is 1. The highest BCUT2D eigenvalue weighted by atomic mass is 35.5. The molecule has 3 aromatic carbocycles. The van der Waals surface area contributed by atoms with Crippen LogP contribution in [-0.4, -0.2) is 47.9 Å². The van der Waals surface area contributed by atoms with Crippen molar-refractivity contribution in [1.29, 1.82) is 0 Å². The maximum absolute atomic E-state index is 13.6. The van der Waals surface area contributed by atoms with E-state index in [0.29, 0.717) is 35.2 Å². The first-order valence-electron chi connectivity index (χ1n) is 11.1. The van der Waals surface area contributed by atoms with Gasteiger partial charge < -0.3 is 19.5 Å². The van der Waals surface area contributed by atoms with Crippen LogP contribution >= 0.6 is 11.6 Å². The first-order chi connectivity index (χ1) is 16.2. The minimum absolute atomic E-state index is 0.0183. The Morgan fingerprint density at radius 2 is 1.82 bits per heavy atom. The van der Waals surface area contributed by atoms with E-state index in [0.717, 1.165) is 16.8 Å². The van der Waals surface area contributed by atoms with E-state index in [1.54, 1.807) is 18.2 Å². The molecule has 6 nitrogen and oxygen atoms in total. The number of nitrogens with zero attached hydrogens (tertiary/aromatic N) is 2. The number of rotatable bonds is 4. The van der Waals surface area contributed by atoms with Crippen LogP contribution in [0.5, 0.6) is 11.5 Å². The normalized spacial score (nSPS) is 23.0. The van der Waals surface area contributed by atoms with E-state index in [-0.39, 0.29) is 37.3 Å². The SMILES string of the molecule is O=C(c1ccc2c(c1)OCO2)N1C[C@H]2[C@@H](c3ccccc31)[C@@H](CO)N2Cc1ccccc1Cl. The molecule has 3 atom stereocenters. The maximum atomic E-state index is 13.6. The van der Waals surface area contributed by atoms with Crippen molar-refractivity contribution in [3.8, 4) is 11.5 Å². The molecule has 0 unspecified atom stereocenters. The Morgan fingerprint density at radius 3 is 2.67 bits per heavy atom. The lowest BCUT2D eigenvalue weighted by atomic mass is 9.71. The fraction of sp³-hybridized carbons (Fsp3) is 0.269. The van der Waals surface area contributed by atoms with Crippen molar-refractivity contribution in [2.24, 2.45) is 0 Å². The number of benzene rings is 3. The molecule has 0 aromatic heterocycles. The monoisotopic (exact) mass is 462 g/mol. The Kier molecular flexibility index (Phi) is 5.02. The second-order valence-corrected chi connectivity index (χ2v) is 9.06. The summed E-state index contributed by atoms with van der Waals surface area (Å²) in [7, 11) is 0. The van der Waals surface area contributed by atoms with Gasteiger partial charge in [0.15, 0.2) is 11.5 Å². The Labute approximate surface area is 196 Å². The van der Waals surface area contributed by atoms with Gasteiger partial charge >= 0.3 is 0 Å². The summed E-state index contributed by atoms with van der Waals surface area (Å²) in [6, 6.07) is 21.2. The molecule has 6 rings (SSSR count). The molecule has 7 heteroatoms. The lowest BCUT2D eigenvalue weighted by Crippen LogP contribution is -2.68. The third kappa shape index (κ3) is 3.29. The van der Waals surface area contributed by atoms with Crippen molar-refractivity contribution in [2.45, 2.75) is 24.5 Å². The van der Waals surface area contributed by atoms with Crippen LogP contribution in [0.4, 0.5) is 5.69 Å². The molecule has 1 saturated heterocycles. The van der Waals surface area contributed by atoms with Crippen molar-refractivity contribution in [3.63, 3.8) is 0 Å². The Hall–Kier alpha value is -3.06. The number of para-hydroxylation sites is 1. The average molecular weight is 463 g/mol. The molecule has 1 amide bonds. The summed E-state index contributed by atoms with van der Waals surface area (Å²) in [6.07, 6.45) is 0. The van der Waals surface area contributed by atoms with Gasteiger partial charge in [-0.1, -0.05) is 48.0 Å². The number of aliphatic hydroxyl groups excluding tert-OH is 1. The zero-order chi connectivity index (χ0) is 22.5. The molecule has 3 aliphatic rings. The van der Waals surface area contributed by atoms with Crippen LogP contribution in [0.25, 0.3) is 0 Å². The Balaban J connectivity index is 1.35. The van der Waals surface area contributed by atoms with Gasteiger partial charge in [-0.15, -0.1) is 0 Å². The number of likely N-dealkylation sites (tertiary alicyclic amines) is 1. The highest BCUT2D eigenvalue weighted by molar-refractivity contribution is 6.31. The second-order valence-electron chi connectivity index (χ2n) is 8.65. The van der Waals surface area contributed by atoms with Crippen molar-refractivity contribution < 1.29 is 19.4 Å². The largest absolute Gasteiger partial charge is 0.454 e. The van der Waals surface area contributed by atoms with E-state index in [1.807, 2.05) is 47.4 Å². The van der Waals surface area contributed by atoms with Crippen LogP contribution in [-0.2, 0) is 6.54 Å². The summed E-state index contributed by atoms with van der Waals surface area (Å²) in [5.74, 6) is 1.33. The van der Waals surface area contributed by atoms with Gasteiger partial charge in [0, 0.05) is 47.4 Å². The minimum atomic E-state index is -0.0793. The first kappa shape index (κ1) is 20.5. The second kappa shape index (κ2) is 8.06. The van der Waals surface area contributed by atoms with Crippen molar-refractivity contribution in [3.05, 3.63) is 88.4 Å². The molecule has 3 aromatic rings. The quantitative estimate of drug-likeness (QED) is 0.633. The predicted octanol–water partition coefficient (Wildman–Crippen LogP) is 4.06. The van der Waals surface area contributed by atoms with Crippen LogP contribution in [0.1, 0.15) is 27.4 Å². The van der Waals surface area contributed by atoms with Crippen molar-refractivity contribution in [1.82, 2.24) is 4.90 Å². The highest BCUT2D eigenvalue weighted by Gasteiger charge is 2.53. The van der Waals surface area contributed by atoms with Crippen LogP contribution in [0.15, 0.2) is 66.7 Å². The van der Waals surface area contributed by atoms with Gasteiger partial charge in [-0.25, -0.2) is 0 Å². The molecular weight excluding hydrogens is 440 g/mol. The predicted molar refractivity (Wildman–Crippen MR) is 125 cm³/mol.